The Morgan fingerprint density at radius 1 is 0.519 bits per heavy atom. The Morgan fingerprint density at radius 2 is 0.977 bits per heavy atom. The van der Waals surface area contributed by atoms with Crippen molar-refractivity contribution in [2.75, 3.05) is 57.3 Å². The fraction of sp³-hybridized carbons (Fsp3) is 0.738. The summed E-state index contributed by atoms with van der Waals surface area (Å²) < 4.78 is 75.1. The monoisotopic (exact) mass is 1860 g/mol. The van der Waals surface area contributed by atoms with Crippen molar-refractivity contribution >= 4 is 76.4 Å². The van der Waals surface area contributed by atoms with Crippen molar-refractivity contribution in [1.29, 1.82) is 0 Å². The number of fused-ring (bicyclic) bond motifs is 1. The molecule has 2 N–H and O–H groups in total. The number of nitrogens with zero attached hydrogens (tertiary/aromatic N) is 7. The first-order valence-electron chi connectivity index (χ1n) is 51.3. The molecule has 7 rings (SSSR count). The number of ether oxygens (including phenoxy) is 7. The number of carbonyl (C=O) groups excluding carboxylic acids is 6. The van der Waals surface area contributed by atoms with Crippen LogP contribution in [-0.4, -0.2) is 146 Å². The molecule has 2 aromatic carbocycles. The highest BCUT2D eigenvalue weighted by Gasteiger charge is 2.46. The van der Waals surface area contributed by atoms with Gasteiger partial charge in [0.25, 0.3) is 11.8 Å². The van der Waals surface area contributed by atoms with E-state index in [2.05, 4.69) is 51.3 Å². The molecule has 0 saturated carbocycles. The number of Topliss-reactive ketones (excluding diaryl/α,β-unsaturated/α-hetero) is 1. The second-order valence-corrected chi connectivity index (χ2v) is 41.0. The molecule has 26 nitrogen and oxygen atoms in total. The SMILES string of the molecule is CCCCCCCCCCCCCCCCCCOc1cc(C(=O)N(C)CCOC(=O)CCC(=O)Nc2ccn([C@H]3C[C@@H](OC(=O)CCC(C)=O)[C@@H](COP(=O)(O[C@@H]4C[C@H](n5cnc6c(NC(=O)c7ccccc7)ncnc65)O[C@@H]4CC)SC(C)C)O3)c(=O)n2)cc(OCCCCCCCCCCCCCCCCCC)c1OCCCCCCCCCCCCCCCCCC. The van der Waals surface area contributed by atoms with Gasteiger partial charge in [0.2, 0.25) is 11.7 Å². The maximum atomic E-state index is 15.1. The van der Waals surface area contributed by atoms with Crippen molar-refractivity contribution in [3.63, 3.8) is 0 Å². The number of likely N-dealkylation sites (N-methyl/N-ethyl adjacent to an activating group) is 1. The molecule has 3 amide bonds. The van der Waals surface area contributed by atoms with Gasteiger partial charge in [-0.15, -0.1) is 0 Å². The van der Waals surface area contributed by atoms with Crippen molar-refractivity contribution in [3.05, 3.63) is 89.0 Å². The molecule has 5 heterocycles. The van der Waals surface area contributed by atoms with E-state index in [0.717, 1.165) is 73.7 Å². The highest BCUT2D eigenvalue weighted by Crippen LogP contribution is 2.65. The molecular weight excluding hydrogens is 1700 g/mol. The minimum atomic E-state index is -4.12. The number of benzene rings is 2. The molecule has 736 valence electrons. The van der Waals surface area contributed by atoms with Crippen LogP contribution in [0.5, 0.6) is 17.2 Å². The zero-order valence-corrected chi connectivity index (χ0v) is 83.2. The van der Waals surface area contributed by atoms with Crippen molar-refractivity contribution in [2.45, 2.75) is 444 Å². The van der Waals surface area contributed by atoms with E-state index >= 15 is 4.57 Å². The van der Waals surface area contributed by atoms with Crippen LogP contribution in [0.15, 0.2) is 72.2 Å². The van der Waals surface area contributed by atoms with Crippen LogP contribution in [0.25, 0.3) is 11.2 Å². The number of hydrogen-bond donors (Lipinski definition) is 2. The molecule has 3 aromatic heterocycles. The second-order valence-electron chi connectivity index (χ2n) is 36.5. The average molecular weight is 1870 g/mol. The molecule has 131 heavy (non-hydrogen) atoms. The summed E-state index contributed by atoms with van der Waals surface area (Å²) in [5, 5.41) is 5.15. The Morgan fingerprint density at radius 3 is 1.45 bits per heavy atom. The van der Waals surface area contributed by atoms with Gasteiger partial charge in [-0.25, -0.2) is 24.3 Å². The quantitative estimate of drug-likeness (QED) is 0.0207. The number of ketones is 1. The maximum Gasteiger partial charge on any atom is 0.389 e. The minimum absolute atomic E-state index is 0.0515. The lowest BCUT2D eigenvalue weighted by molar-refractivity contribution is -0.153. The Bertz CT molecular complexity index is 4060. The van der Waals surface area contributed by atoms with E-state index in [0.29, 0.717) is 65.8 Å². The molecule has 0 spiro atoms. The van der Waals surface area contributed by atoms with Gasteiger partial charge in [0.05, 0.1) is 64.3 Å². The number of nitrogens with one attached hydrogen (secondary N) is 2. The molecule has 2 aliphatic rings. The lowest BCUT2D eigenvalue weighted by Crippen LogP contribution is -2.31. The Labute approximate surface area is 788 Å². The van der Waals surface area contributed by atoms with Crippen molar-refractivity contribution < 1.29 is 75.5 Å². The largest absolute Gasteiger partial charge is 0.490 e. The van der Waals surface area contributed by atoms with E-state index in [4.69, 9.17) is 42.2 Å². The normalized spacial score (nSPS) is 16.6. The molecule has 1 unspecified atom stereocenters. The minimum Gasteiger partial charge on any atom is -0.490 e. The Balaban J connectivity index is 0.926. The van der Waals surface area contributed by atoms with Crippen LogP contribution in [0.2, 0.25) is 0 Å². The summed E-state index contributed by atoms with van der Waals surface area (Å²) in [5.41, 5.74) is 0.684. The molecule has 28 heteroatoms. The van der Waals surface area contributed by atoms with Crippen LogP contribution in [0.3, 0.4) is 0 Å². The Kier molecular flexibility index (Phi) is 56.6. The van der Waals surface area contributed by atoms with E-state index in [9.17, 15) is 33.6 Å². The van der Waals surface area contributed by atoms with Crippen LogP contribution in [0.4, 0.5) is 11.6 Å². The van der Waals surface area contributed by atoms with Gasteiger partial charge in [-0.3, -0.25) is 42.2 Å². The first kappa shape index (κ1) is 111. The van der Waals surface area contributed by atoms with Crippen molar-refractivity contribution in [3.8, 4) is 17.2 Å². The summed E-state index contributed by atoms with van der Waals surface area (Å²) in [5.74, 6) is -1.29. The molecular formula is C103H166N9O17PS. The summed E-state index contributed by atoms with van der Waals surface area (Å²) in [4.78, 5) is 112. The molecule has 0 bridgehead atoms. The smallest absolute Gasteiger partial charge is 0.389 e. The number of esters is 2. The third kappa shape index (κ3) is 44.8. The van der Waals surface area contributed by atoms with Crippen molar-refractivity contribution in [2.24, 2.45) is 0 Å². The van der Waals surface area contributed by atoms with E-state index in [1.165, 1.54) is 287 Å². The number of carbonyl (C=O) groups is 6. The number of unbranched alkanes of at least 4 members (excludes halogenated alkanes) is 45. The fourth-order valence-corrected chi connectivity index (χ4v) is 20.9. The molecule has 0 aliphatic carbocycles. The zero-order valence-electron chi connectivity index (χ0n) is 81.5. The standard InChI is InChI=1S/C103H166N9O17PS/c1-9-13-16-19-22-25-28-31-34-37-40-43-46-49-52-58-70-121-88-74-84(75-89(122-71-59-53-50-47-44-41-38-35-32-29-26-23-20-17-14-10-2)98(88)124-72-60-54-51-48-45-42-39-36-33-30-27-24-21-18-15-11-3)102(118)110(8)69-73-123-95(115)66-64-92(114)107-91-67-68-111(103(119)108-91)93-76-86(128-96(116)65-63-82(7)113)90(127-93)78-125-130(120,131-81(5)6)129-87-77-94(126-85(87)12-4)112-80-106-97-99(104-79-105-100(97)112)109-101(117)83-61-56-55-57-62-83/h55-57,61-62,67-68,74-75,79-81,85-87,90,93-94H,9-54,58-60,63-66,69-73,76-78H2,1-8H3,(H,104,105,109,117)(H,107,108,114,119)/t85-,86-,87-,90-,93-,94-,130?/m1/s1. The predicted molar refractivity (Wildman–Crippen MR) is 524 cm³/mol. The zero-order chi connectivity index (χ0) is 93.7. The highest BCUT2D eigenvalue weighted by atomic mass is 32.7. The van der Waals surface area contributed by atoms with E-state index in [1.54, 1.807) is 48.0 Å². The lowest BCUT2D eigenvalue weighted by atomic mass is 10.0. The molecule has 7 atom stereocenters. The first-order valence-corrected chi connectivity index (χ1v) is 54.4. The van der Waals surface area contributed by atoms with Gasteiger partial charge in [0, 0.05) is 55.3 Å². The van der Waals surface area contributed by atoms with Gasteiger partial charge < -0.3 is 53.5 Å². The molecule has 2 saturated heterocycles. The van der Waals surface area contributed by atoms with Crippen molar-refractivity contribution in [1.82, 2.24) is 34.0 Å². The first-order chi connectivity index (χ1) is 63.8. The number of aromatic nitrogens is 6. The molecule has 2 aliphatic heterocycles. The Hall–Kier alpha value is -7.29. The van der Waals surface area contributed by atoms with Gasteiger partial charge >= 0.3 is 24.4 Å². The highest BCUT2D eigenvalue weighted by molar-refractivity contribution is 8.55. The number of imidazole rings is 1. The third-order valence-electron chi connectivity index (χ3n) is 24.7. The van der Waals surface area contributed by atoms with Crippen LogP contribution in [0.1, 0.15) is 435 Å². The fourth-order valence-electron chi connectivity index (χ4n) is 17.0. The molecule has 2 fully saturated rings. The predicted octanol–water partition coefficient (Wildman–Crippen LogP) is 26.2. The summed E-state index contributed by atoms with van der Waals surface area (Å²) in [7, 11) is 1.65. The number of hydrogen-bond acceptors (Lipinski definition) is 22. The second kappa shape index (κ2) is 67.0. The number of amides is 3. The van der Waals surface area contributed by atoms with Gasteiger partial charge in [-0.05, 0) is 74.3 Å². The van der Waals surface area contributed by atoms with Gasteiger partial charge in [-0.2, -0.15) is 4.98 Å². The van der Waals surface area contributed by atoms with Crippen LogP contribution in [0, 0.1) is 0 Å². The van der Waals surface area contributed by atoms with E-state index in [-0.39, 0.29) is 86.2 Å². The molecule has 0 radical (unpaired) electrons. The number of anilines is 2. The summed E-state index contributed by atoms with van der Waals surface area (Å²) in [6, 6.07) is 13.6. The van der Waals surface area contributed by atoms with E-state index in [1.807, 2.05) is 26.8 Å². The third-order valence-corrected chi connectivity index (χ3v) is 29.0. The summed E-state index contributed by atoms with van der Waals surface area (Å²) in [6.45, 7) is 10.6. The van der Waals surface area contributed by atoms with Gasteiger partial charge in [-0.1, -0.05) is 349 Å². The van der Waals surface area contributed by atoms with Crippen LogP contribution in [-0.2, 0) is 51.7 Å². The van der Waals surface area contributed by atoms with Crippen LogP contribution < -0.4 is 30.5 Å². The number of rotatable bonds is 78. The lowest BCUT2D eigenvalue weighted by Gasteiger charge is -2.27. The van der Waals surface area contributed by atoms with E-state index < -0.39 is 73.8 Å². The summed E-state index contributed by atoms with van der Waals surface area (Å²) >= 11 is 0.979. The molecule has 5 aromatic rings. The summed E-state index contributed by atoms with van der Waals surface area (Å²) in [6.07, 6.45) is 59.8. The van der Waals surface area contributed by atoms with Crippen LogP contribution >= 0.6 is 18.2 Å². The topological polar surface area (TPSA) is 308 Å². The van der Waals surface area contributed by atoms with Gasteiger partial charge in [0.1, 0.15) is 49.2 Å². The maximum absolute atomic E-state index is 15.1. The van der Waals surface area contributed by atoms with Gasteiger partial charge in [0.15, 0.2) is 28.5 Å². The average Bonchev–Trinajstić information content (AvgIpc) is 1.63.